The number of carbonyl (C=O) groups excluding carboxylic acids is 1. The number of benzene rings is 1. The van der Waals surface area contributed by atoms with Crippen molar-refractivity contribution in [3.63, 3.8) is 0 Å². The number of rotatable bonds is 7. The Labute approximate surface area is 245 Å². The average Bonchev–Trinajstić information content (AvgIpc) is 3.60. The highest BCUT2D eigenvalue weighted by molar-refractivity contribution is 5.94. The molecule has 1 N–H and O–H groups in total. The zero-order chi connectivity index (χ0) is 29.8. The molecule has 0 saturated heterocycles. The highest BCUT2D eigenvalue weighted by atomic mass is 19.3. The fourth-order valence-electron chi connectivity index (χ4n) is 7.07. The number of carbonyl (C=O) groups is 1. The fourth-order valence-corrected chi connectivity index (χ4v) is 7.07. The van der Waals surface area contributed by atoms with Gasteiger partial charge in [0.1, 0.15) is 22.7 Å². The van der Waals surface area contributed by atoms with Gasteiger partial charge in [-0.05, 0) is 81.2 Å². The SMILES string of the molecule is CCOC(=O)[C@@H]1C2CCC(CC2)[C@H]1Nc1nc(-c2cn(-c3ccccc3C)c3ncc(F)cc23)nn2c(C(F)F)ccc12. The summed E-state index contributed by atoms with van der Waals surface area (Å²) in [7, 11) is 0. The molecule has 4 heterocycles. The van der Waals surface area contributed by atoms with Gasteiger partial charge in [-0.1, -0.05) is 18.2 Å². The maximum atomic E-state index is 14.6. The summed E-state index contributed by atoms with van der Waals surface area (Å²) >= 11 is 0. The molecular formula is C32H31F3N6O2. The highest BCUT2D eigenvalue weighted by Gasteiger charge is 2.48. The van der Waals surface area contributed by atoms with Crippen LogP contribution in [0.15, 0.2) is 54.9 Å². The summed E-state index contributed by atoms with van der Waals surface area (Å²) in [6.45, 7) is 4.04. The second-order valence-electron chi connectivity index (χ2n) is 11.5. The van der Waals surface area contributed by atoms with Crippen molar-refractivity contribution in [2.24, 2.45) is 17.8 Å². The number of ether oxygens (including phenoxy) is 1. The second kappa shape index (κ2) is 10.7. The molecule has 3 fully saturated rings. The van der Waals surface area contributed by atoms with Crippen LogP contribution in [0, 0.1) is 30.5 Å². The normalized spacial score (nSPS) is 21.6. The molecule has 0 amide bonds. The van der Waals surface area contributed by atoms with Crippen LogP contribution < -0.4 is 5.32 Å². The molecule has 222 valence electrons. The van der Waals surface area contributed by atoms with Gasteiger partial charge in [0.05, 0.1) is 18.7 Å². The first-order valence-corrected chi connectivity index (χ1v) is 14.7. The molecule has 3 saturated carbocycles. The summed E-state index contributed by atoms with van der Waals surface area (Å²) in [5, 5.41) is 8.50. The van der Waals surface area contributed by atoms with Gasteiger partial charge in [0.15, 0.2) is 11.6 Å². The Morgan fingerprint density at radius 1 is 1.12 bits per heavy atom. The Hall–Kier alpha value is -4.41. The van der Waals surface area contributed by atoms with Crippen LogP contribution in [-0.4, -0.2) is 42.8 Å². The Kier molecular flexibility index (Phi) is 6.82. The first kappa shape index (κ1) is 27.4. The predicted octanol–water partition coefficient (Wildman–Crippen LogP) is 6.90. The van der Waals surface area contributed by atoms with Crippen molar-refractivity contribution in [3.05, 3.63) is 71.9 Å². The number of aryl methyl sites for hydroxylation is 1. The summed E-state index contributed by atoms with van der Waals surface area (Å²) in [6, 6.07) is 11.7. The molecule has 8 rings (SSSR count). The molecule has 43 heavy (non-hydrogen) atoms. The largest absolute Gasteiger partial charge is 0.466 e. The molecule has 11 heteroatoms. The smallest absolute Gasteiger partial charge is 0.311 e. The Balaban J connectivity index is 1.41. The topological polar surface area (TPSA) is 86.3 Å². The number of hydrogen-bond acceptors (Lipinski definition) is 6. The first-order chi connectivity index (χ1) is 20.8. The van der Waals surface area contributed by atoms with Crippen molar-refractivity contribution < 1.29 is 22.7 Å². The summed E-state index contributed by atoms with van der Waals surface area (Å²) in [5.74, 6) is -0.285. The number of nitrogens with one attached hydrogen (secondary N) is 1. The summed E-state index contributed by atoms with van der Waals surface area (Å²) in [5.41, 5.74) is 2.81. The third kappa shape index (κ3) is 4.61. The highest BCUT2D eigenvalue weighted by Crippen LogP contribution is 2.47. The second-order valence-corrected chi connectivity index (χ2v) is 11.5. The van der Waals surface area contributed by atoms with E-state index >= 15 is 0 Å². The van der Waals surface area contributed by atoms with Gasteiger partial charge >= 0.3 is 5.97 Å². The van der Waals surface area contributed by atoms with Crippen molar-refractivity contribution in [1.29, 1.82) is 0 Å². The number of anilines is 1. The van der Waals surface area contributed by atoms with Crippen LogP contribution in [0.3, 0.4) is 0 Å². The fraction of sp³-hybridized carbons (Fsp3) is 0.375. The minimum atomic E-state index is -2.79. The number of alkyl halides is 2. The molecule has 3 aliphatic rings. The molecular weight excluding hydrogens is 557 g/mol. The maximum Gasteiger partial charge on any atom is 0.311 e. The van der Waals surface area contributed by atoms with E-state index in [1.807, 2.05) is 35.8 Å². The average molecular weight is 589 g/mol. The summed E-state index contributed by atoms with van der Waals surface area (Å²) < 4.78 is 51.4. The third-order valence-electron chi connectivity index (χ3n) is 9.07. The van der Waals surface area contributed by atoms with Gasteiger partial charge < -0.3 is 14.6 Å². The van der Waals surface area contributed by atoms with Crippen LogP contribution >= 0.6 is 0 Å². The Morgan fingerprint density at radius 3 is 2.63 bits per heavy atom. The van der Waals surface area contributed by atoms with E-state index in [0.29, 0.717) is 27.9 Å². The number of para-hydroxylation sites is 1. The zero-order valence-corrected chi connectivity index (χ0v) is 23.8. The van der Waals surface area contributed by atoms with Crippen LogP contribution in [0.2, 0.25) is 0 Å². The number of hydrogen-bond donors (Lipinski definition) is 1. The number of halogens is 3. The lowest BCUT2D eigenvalue weighted by Crippen LogP contribution is -2.52. The maximum absolute atomic E-state index is 14.6. The van der Waals surface area contributed by atoms with Gasteiger partial charge in [-0.15, -0.1) is 5.10 Å². The van der Waals surface area contributed by atoms with E-state index in [0.717, 1.165) is 43.1 Å². The number of nitrogens with zero attached hydrogens (tertiary/aromatic N) is 5. The third-order valence-corrected chi connectivity index (χ3v) is 9.07. The zero-order valence-electron chi connectivity index (χ0n) is 23.8. The van der Waals surface area contributed by atoms with Crippen LogP contribution in [0.4, 0.5) is 19.0 Å². The summed E-state index contributed by atoms with van der Waals surface area (Å²) in [6.07, 6.45) is 3.95. The number of aromatic nitrogens is 5. The molecule has 1 aromatic carbocycles. The molecule has 0 radical (unpaired) electrons. The molecule has 3 aliphatic carbocycles. The lowest BCUT2D eigenvalue weighted by molar-refractivity contribution is -0.154. The van der Waals surface area contributed by atoms with E-state index in [9.17, 15) is 18.0 Å². The molecule has 5 aromatic rings. The number of fused-ring (bicyclic) bond motifs is 5. The lowest BCUT2D eigenvalue weighted by atomic mass is 9.61. The number of esters is 1. The van der Waals surface area contributed by atoms with Crippen molar-refractivity contribution in [2.75, 3.05) is 11.9 Å². The van der Waals surface area contributed by atoms with Crippen molar-refractivity contribution in [1.82, 2.24) is 24.1 Å². The van der Waals surface area contributed by atoms with Crippen LogP contribution in [0.25, 0.3) is 33.6 Å². The van der Waals surface area contributed by atoms with E-state index in [-0.39, 0.29) is 47.9 Å². The Bertz CT molecular complexity index is 1840. The predicted molar refractivity (Wildman–Crippen MR) is 156 cm³/mol. The van der Waals surface area contributed by atoms with E-state index in [2.05, 4.69) is 15.4 Å². The van der Waals surface area contributed by atoms with Gasteiger partial charge in [0.25, 0.3) is 6.43 Å². The minimum Gasteiger partial charge on any atom is -0.466 e. The van der Waals surface area contributed by atoms with Crippen molar-refractivity contribution in [3.8, 4) is 17.1 Å². The standard InChI is InChI=1S/C32H31F3N6O2/c1-3-43-32(42)26-18-8-10-19(11-9-18)27(26)37-30-25-13-12-24(28(34)35)41(25)39-29(38-30)22-16-40(23-7-5-4-6-17(23)2)31-21(22)14-20(33)15-36-31/h4-7,12-16,18-19,26-28H,3,8-11H2,1-2H3,(H,37,38,39)/t18?,19?,26-,27-/m1/s1. The van der Waals surface area contributed by atoms with Crippen molar-refractivity contribution >= 4 is 28.3 Å². The van der Waals surface area contributed by atoms with Gasteiger partial charge in [0.2, 0.25) is 0 Å². The van der Waals surface area contributed by atoms with Gasteiger partial charge in [0, 0.05) is 28.9 Å². The first-order valence-electron chi connectivity index (χ1n) is 14.7. The van der Waals surface area contributed by atoms with E-state index in [1.54, 1.807) is 19.2 Å². The summed E-state index contributed by atoms with van der Waals surface area (Å²) in [4.78, 5) is 22.4. The van der Waals surface area contributed by atoms with E-state index in [1.165, 1.54) is 16.6 Å². The number of pyridine rings is 1. The van der Waals surface area contributed by atoms with Crippen LogP contribution in [-0.2, 0) is 9.53 Å². The minimum absolute atomic E-state index is 0.131. The molecule has 0 spiro atoms. The molecule has 2 atom stereocenters. The van der Waals surface area contributed by atoms with Crippen LogP contribution in [0.5, 0.6) is 0 Å². The van der Waals surface area contributed by atoms with Crippen molar-refractivity contribution in [2.45, 2.75) is 52.0 Å². The van der Waals surface area contributed by atoms with Gasteiger partial charge in [-0.3, -0.25) is 4.79 Å². The van der Waals surface area contributed by atoms with Gasteiger partial charge in [-0.2, -0.15) is 0 Å². The molecule has 2 bridgehead atoms. The quantitative estimate of drug-likeness (QED) is 0.208. The Morgan fingerprint density at radius 2 is 1.88 bits per heavy atom. The molecule has 4 aromatic heterocycles. The van der Waals surface area contributed by atoms with E-state index < -0.39 is 12.2 Å². The molecule has 0 unspecified atom stereocenters. The van der Waals surface area contributed by atoms with Crippen LogP contribution in [0.1, 0.15) is 50.3 Å². The molecule has 0 aliphatic heterocycles. The van der Waals surface area contributed by atoms with E-state index in [4.69, 9.17) is 9.72 Å². The molecule has 8 nitrogen and oxygen atoms in total. The van der Waals surface area contributed by atoms with Gasteiger partial charge in [-0.25, -0.2) is 27.7 Å². The monoisotopic (exact) mass is 588 g/mol. The lowest BCUT2D eigenvalue weighted by Gasteiger charge is -2.47.